The highest BCUT2D eigenvalue weighted by molar-refractivity contribution is 6.38. The number of anilines is 1. The Hall–Kier alpha value is -4.47. The number of halogens is 2. The van der Waals surface area contributed by atoms with Crippen molar-refractivity contribution < 1.29 is 23.1 Å². The molecular weight excluding hydrogens is 486 g/mol. The molecule has 1 aromatic carbocycles. The summed E-state index contributed by atoms with van der Waals surface area (Å²) in [6.45, 7) is 0.330. The fraction of sp³-hybridized carbons (Fsp3) is 0.375. The van der Waals surface area contributed by atoms with Gasteiger partial charge in [-0.15, -0.1) is 0 Å². The fourth-order valence-electron chi connectivity index (χ4n) is 3.80. The number of benzene rings is 1. The number of carbonyl (C=O) groups is 2. The van der Waals surface area contributed by atoms with E-state index >= 15 is 0 Å². The molecular formula is C24H24F2N8O3. The summed E-state index contributed by atoms with van der Waals surface area (Å²) in [5.41, 5.74) is 6.31. The van der Waals surface area contributed by atoms with Crippen molar-refractivity contribution in [1.82, 2.24) is 14.9 Å². The monoisotopic (exact) mass is 510 g/mol. The number of likely N-dealkylation sites (tertiary alicyclic amines) is 1. The molecule has 1 unspecified atom stereocenters. The highest BCUT2D eigenvalue weighted by Gasteiger charge is 2.48. The predicted octanol–water partition coefficient (Wildman–Crippen LogP) is 2.33. The molecule has 0 spiro atoms. The Morgan fingerprint density at radius 2 is 2.05 bits per heavy atom. The van der Waals surface area contributed by atoms with Gasteiger partial charge in [0.05, 0.1) is 23.6 Å². The van der Waals surface area contributed by atoms with Crippen molar-refractivity contribution in [3.05, 3.63) is 36.2 Å². The van der Waals surface area contributed by atoms with Crippen LogP contribution in [0.1, 0.15) is 31.7 Å². The average Bonchev–Trinajstić information content (AvgIpc) is 3.70. The summed E-state index contributed by atoms with van der Waals surface area (Å²) in [6, 6.07) is 7.93. The summed E-state index contributed by atoms with van der Waals surface area (Å²) in [5.74, 6) is -4.98. The molecule has 1 aromatic heterocycles. The number of nitriles is 1. The number of aliphatic imine (C=N–C) groups is 1. The van der Waals surface area contributed by atoms with E-state index in [0.717, 1.165) is 17.7 Å². The lowest BCUT2D eigenvalue weighted by Crippen LogP contribution is -2.56. The Kier molecular flexibility index (Phi) is 7.10. The zero-order valence-corrected chi connectivity index (χ0v) is 19.9. The molecule has 1 atom stereocenters. The first-order valence-corrected chi connectivity index (χ1v) is 11.5. The molecule has 1 aliphatic heterocycles. The second-order valence-electron chi connectivity index (χ2n) is 8.86. The number of rotatable bonds is 5. The van der Waals surface area contributed by atoms with Gasteiger partial charge in [-0.25, -0.2) is 23.7 Å². The second-order valence-corrected chi connectivity index (χ2v) is 8.86. The summed E-state index contributed by atoms with van der Waals surface area (Å²) in [6.07, 6.45) is 1.16. The Labute approximate surface area is 210 Å². The third-order valence-electron chi connectivity index (χ3n) is 5.84. The lowest BCUT2D eigenvalue weighted by molar-refractivity contribution is -0.155. The van der Waals surface area contributed by atoms with Crippen LogP contribution in [0.2, 0.25) is 0 Å². The van der Waals surface area contributed by atoms with E-state index in [-0.39, 0.29) is 41.9 Å². The van der Waals surface area contributed by atoms with Crippen LogP contribution in [0, 0.1) is 22.7 Å². The summed E-state index contributed by atoms with van der Waals surface area (Å²) >= 11 is 0. The number of hydrogen-bond acceptors (Lipinski definition) is 7. The number of piperidine rings is 1. The van der Waals surface area contributed by atoms with Crippen LogP contribution >= 0.6 is 0 Å². The number of ether oxygens (including phenoxy) is 1. The number of amidine groups is 2. The average molecular weight is 511 g/mol. The summed E-state index contributed by atoms with van der Waals surface area (Å²) < 4.78 is 35.3. The first-order valence-electron chi connectivity index (χ1n) is 11.5. The third kappa shape index (κ3) is 6.03. The first kappa shape index (κ1) is 25.6. The van der Waals surface area contributed by atoms with E-state index in [1.54, 1.807) is 12.1 Å². The molecule has 1 saturated carbocycles. The zero-order valence-electron chi connectivity index (χ0n) is 19.9. The van der Waals surface area contributed by atoms with Gasteiger partial charge in [-0.1, -0.05) is 0 Å². The van der Waals surface area contributed by atoms with E-state index in [1.807, 2.05) is 6.07 Å². The van der Waals surface area contributed by atoms with Gasteiger partial charge in [0.2, 0.25) is 11.7 Å². The molecule has 0 bridgehead atoms. The molecule has 2 fully saturated rings. The van der Waals surface area contributed by atoms with Gasteiger partial charge in [0.15, 0.2) is 6.10 Å². The van der Waals surface area contributed by atoms with Gasteiger partial charge >= 0.3 is 5.92 Å². The van der Waals surface area contributed by atoms with Crippen LogP contribution in [-0.2, 0) is 9.59 Å². The Morgan fingerprint density at radius 1 is 1.30 bits per heavy atom. The molecule has 4 N–H and O–H groups in total. The minimum absolute atomic E-state index is 0.000971. The lowest BCUT2D eigenvalue weighted by Gasteiger charge is -2.38. The molecule has 0 radical (unpaired) electrons. The molecule has 2 aliphatic rings. The van der Waals surface area contributed by atoms with Gasteiger partial charge in [0.25, 0.3) is 5.91 Å². The smallest absolute Gasteiger partial charge is 0.301 e. The molecule has 11 nitrogen and oxygen atoms in total. The van der Waals surface area contributed by atoms with E-state index in [0.29, 0.717) is 17.1 Å². The number of nitrogens with one attached hydrogen (secondary N) is 2. The number of aromatic nitrogens is 2. The second kappa shape index (κ2) is 10.3. The zero-order chi connectivity index (χ0) is 26.7. The topological polar surface area (TPSA) is 170 Å². The van der Waals surface area contributed by atoms with E-state index < -0.39 is 30.3 Å². The van der Waals surface area contributed by atoms with Gasteiger partial charge in [0, 0.05) is 30.5 Å². The van der Waals surface area contributed by atoms with Crippen molar-refractivity contribution in [2.45, 2.75) is 38.2 Å². The first-order chi connectivity index (χ1) is 17.6. The van der Waals surface area contributed by atoms with Gasteiger partial charge in [-0.05, 0) is 38.0 Å². The lowest BCUT2D eigenvalue weighted by atomic mass is 10.0. The van der Waals surface area contributed by atoms with Crippen LogP contribution in [0.25, 0.3) is 11.3 Å². The highest BCUT2D eigenvalue weighted by Crippen LogP contribution is 2.34. The predicted molar refractivity (Wildman–Crippen MR) is 129 cm³/mol. The van der Waals surface area contributed by atoms with Crippen molar-refractivity contribution in [3.8, 4) is 23.1 Å². The molecule has 37 heavy (non-hydrogen) atoms. The summed E-state index contributed by atoms with van der Waals surface area (Å²) in [4.78, 5) is 36.8. The van der Waals surface area contributed by atoms with Crippen molar-refractivity contribution >= 4 is 29.3 Å². The molecule has 1 aliphatic carbocycles. The van der Waals surface area contributed by atoms with Gasteiger partial charge in [0.1, 0.15) is 24.0 Å². The van der Waals surface area contributed by atoms with Crippen LogP contribution in [-0.4, -0.2) is 63.5 Å². The maximum absolute atomic E-state index is 14.9. The van der Waals surface area contributed by atoms with Crippen LogP contribution in [0.5, 0.6) is 5.75 Å². The van der Waals surface area contributed by atoms with Gasteiger partial charge < -0.3 is 20.7 Å². The SMILES string of the molecule is CC(N)=NC(=N)C(=O)N1CCC(Oc2ccc(-c3cc(NC(=O)C4CC4)ncn3)cc2C#N)C(F)(F)C1. The number of carbonyl (C=O) groups excluding carboxylic acids is 2. The molecule has 4 rings (SSSR count). The van der Waals surface area contributed by atoms with E-state index in [1.165, 1.54) is 25.4 Å². The largest absolute Gasteiger partial charge is 0.483 e. The molecule has 2 heterocycles. The number of nitrogens with two attached hydrogens (primary N) is 1. The van der Waals surface area contributed by atoms with Gasteiger partial charge in [-0.3, -0.25) is 15.0 Å². The van der Waals surface area contributed by atoms with Crippen LogP contribution in [0.15, 0.2) is 35.6 Å². The van der Waals surface area contributed by atoms with E-state index in [2.05, 4.69) is 20.3 Å². The van der Waals surface area contributed by atoms with Crippen LogP contribution < -0.4 is 15.8 Å². The number of hydrogen-bond donors (Lipinski definition) is 3. The molecule has 192 valence electrons. The van der Waals surface area contributed by atoms with Crippen molar-refractivity contribution in [3.63, 3.8) is 0 Å². The standard InChI is InChI=1S/C24H24F2N8O3/c1-13(28)32-21(29)23(36)34-7-6-19(24(25,26)11-34)37-18-5-4-15(8-16(18)10-27)17-9-20(31-12-30-17)33-22(35)14-2-3-14/h4-5,8-9,12,14,19H,2-3,6-7,11H2,1H3,(H3,28,29,32)(H,30,31,33,35). The summed E-state index contributed by atoms with van der Waals surface area (Å²) in [7, 11) is 0. The Morgan fingerprint density at radius 3 is 2.70 bits per heavy atom. The minimum Gasteiger partial charge on any atom is -0.483 e. The quantitative estimate of drug-likeness (QED) is 0.409. The fourth-order valence-corrected chi connectivity index (χ4v) is 3.80. The Bertz CT molecular complexity index is 1320. The van der Waals surface area contributed by atoms with Crippen molar-refractivity contribution in [1.29, 1.82) is 10.7 Å². The maximum atomic E-state index is 14.9. The van der Waals surface area contributed by atoms with E-state index in [9.17, 15) is 23.6 Å². The maximum Gasteiger partial charge on any atom is 0.301 e. The number of amides is 2. The highest BCUT2D eigenvalue weighted by atomic mass is 19.3. The number of nitrogens with zero attached hydrogens (tertiary/aromatic N) is 5. The number of alkyl halides is 2. The van der Waals surface area contributed by atoms with Crippen LogP contribution in [0.4, 0.5) is 14.6 Å². The van der Waals surface area contributed by atoms with Crippen LogP contribution in [0.3, 0.4) is 0 Å². The van der Waals surface area contributed by atoms with Crippen molar-refractivity contribution in [2.75, 3.05) is 18.4 Å². The molecule has 2 amide bonds. The normalized spacial score (nSPS) is 19.0. The molecule has 2 aromatic rings. The molecule has 1 saturated heterocycles. The van der Waals surface area contributed by atoms with Gasteiger partial charge in [-0.2, -0.15) is 5.26 Å². The van der Waals surface area contributed by atoms with Crippen molar-refractivity contribution in [2.24, 2.45) is 16.6 Å². The Balaban J connectivity index is 1.47. The molecule has 13 heteroatoms. The van der Waals surface area contributed by atoms with E-state index in [4.69, 9.17) is 15.9 Å². The minimum atomic E-state index is -3.44. The summed E-state index contributed by atoms with van der Waals surface area (Å²) in [5, 5.41) is 20.0. The third-order valence-corrected chi connectivity index (χ3v) is 5.84.